The number of amidine groups is 1. The van der Waals surface area contributed by atoms with Gasteiger partial charge < -0.3 is 15.8 Å². The lowest BCUT2D eigenvalue weighted by atomic mass is 9.89. The molecular formula is C19H22N4O2S. The molecule has 1 amide bonds. The van der Waals surface area contributed by atoms with Crippen molar-refractivity contribution in [1.82, 2.24) is 4.98 Å². The highest BCUT2D eigenvalue weighted by Gasteiger charge is 2.29. The van der Waals surface area contributed by atoms with Crippen molar-refractivity contribution in [3.05, 3.63) is 53.9 Å². The quantitative estimate of drug-likeness (QED) is 0.842. The van der Waals surface area contributed by atoms with Crippen molar-refractivity contribution < 1.29 is 9.53 Å². The zero-order chi connectivity index (χ0) is 18.6. The van der Waals surface area contributed by atoms with Crippen molar-refractivity contribution in [2.45, 2.75) is 25.8 Å². The minimum absolute atomic E-state index is 0.266. The van der Waals surface area contributed by atoms with E-state index in [2.05, 4.69) is 22.2 Å². The third-order valence-electron chi connectivity index (χ3n) is 4.22. The lowest BCUT2D eigenvalue weighted by Gasteiger charge is -2.30. The molecule has 7 heteroatoms. The number of ether oxygens (including phenoxy) is 1. The Bertz CT molecular complexity index is 823. The number of pyridine rings is 1. The number of hydrogen-bond donors (Lipinski definition) is 2. The van der Waals surface area contributed by atoms with Gasteiger partial charge >= 0.3 is 0 Å². The molecule has 136 valence electrons. The molecule has 3 N–H and O–H groups in total. The fourth-order valence-corrected chi connectivity index (χ4v) is 3.76. The first-order chi connectivity index (χ1) is 12.5. The van der Waals surface area contributed by atoms with Gasteiger partial charge in [0.15, 0.2) is 5.17 Å². The predicted molar refractivity (Wildman–Crippen MR) is 106 cm³/mol. The number of carbonyl (C=O) groups is 1. The number of aromatic nitrogens is 1. The van der Waals surface area contributed by atoms with Crippen molar-refractivity contribution in [3.8, 4) is 5.75 Å². The standard InChI is InChI=1S/C19H22N4O2S/c1-3-25-15-7-8-16(21-12-15)17(24)22-14-6-4-5-13(11-14)19(2)9-10-26-18(20)23-19/h4-8,11-12H,3,9-10H2,1-2H3,(H2,20,23)(H,22,24). The molecule has 1 atom stereocenters. The van der Waals surface area contributed by atoms with Gasteiger partial charge in [-0.15, -0.1) is 0 Å². The molecule has 1 aromatic carbocycles. The average Bonchev–Trinajstić information content (AvgIpc) is 2.63. The van der Waals surface area contributed by atoms with Crippen molar-refractivity contribution >= 4 is 28.5 Å². The maximum Gasteiger partial charge on any atom is 0.274 e. The maximum absolute atomic E-state index is 12.4. The monoisotopic (exact) mass is 370 g/mol. The first-order valence-corrected chi connectivity index (χ1v) is 9.47. The molecule has 0 bridgehead atoms. The number of hydrogen-bond acceptors (Lipinski definition) is 6. The van der Waals surface area contributed by atoms with Gasteiger partial charge in [0.25, 0.3) is 5.91 Å². The van der Waals surface area contributed by atoms with Gasteiger partial charge in [-0.1, -0.05) is 23.9 Å². The number of anilines is 1. The van der Waals surface area contributed by atoms with Crippen LogP contribution in [0.5, 0.6) is 5.75 Å². The summed E-state index contributed by atoms with van der Waals surface area (Å²) in [6, 6.07) is 11.1. The number of rotatable bonds is 5. The Morgan fingerprint density at radius 2 is 2.23 bits per heavy atom. The van der Waals surface area contributed by atoms with Crippen LogP contribution in [0.15, 0.2) is 47.6 Å². The van der Waals surface area contributed by atoms with Crippen LogP contribution < -0.4 is 15.8 Å². The molecule has 2 heterocycles. The van der Waals surface area contributed by atoms with Crippen molar-refractivity contribution in [1.29, 1.82) is 0 Å². The number of nitrogens with one attached hydrogen (secondary N) is 1. The van der Waals surface area contributed by atoms with E-state index >= 15 is 0 Å². The molecule has 0 fully saturated rings. The SMILES string of the molecule is CCOc1ccc(C(=O)Nc2cccc(C3(C)CCSC(N)=N3)c2)nc1. The van der Waals surface area contributed by atoms with Gasteiger partial charge in [-0.3, -0.25) is 9.79 Å². The molecule has 0 spiro atoms. The van der Waals surface area contributed by atoms with E-state index in [-0.39, 0.29) is 11.4 Å². The number of amides is 1. The molecule has 6 nitrogen and oxygen atoms in total. The molecule has 0 saturated heterocycles. The van der Waals surface area contributed by atoms with Crippen molar-refractivity contribution in [2.24, 2.45) is 10.7 Å². The molecule has 1 aliphatic heterocycles. The van der Waals surface area contributed by atoms with E-state index in [1.165, 1.54) is 0 Å². The van der Waals surface area contributed by atoms with Crippen molar-refractivity contribution in [3.63, 3.8) is 0 Å². The van der Waals surface area contributed by atoms with Crippen LogP contribution in [0.3, 0.4) is 0 Å². The largest absolute Gasteiger partial charge is 0.492 e. The summed E-state index contributed by atoms with van der Waals surface area (Å²) >= 11 is 1.57. The van der Waals surface area contributed by atoms with E-state index in [1.807, 2.05) is 31.2 Å². The number of aliphatic imine (C=N–C) groups is 1. The van der Waals surface area contributed by atoms with Gasteiger partial charge in [-0.2, -0.15) is 0 Å². The highest BCUT2D eigenvalue weighted by molar-refractivity contribution is 8.13. The third-order valence-corrected chi connectivity index (χ3v) is 5.01. The predicted octanol–water partition coefficient (Wildman–Crippen LogP) is 3.40. The second-order valence-electron chi connectivity index (χ2n) is 6.17. The third kappa shape index (κ3) is 4.16. The molecular weight excluding hydrogens is 348 g/mol. The molecule has 1 unspecified atom stereocenters. The summed E-state index contributed by atoms with van der Waals surface area (Å²) in [5, 5.41) is 3.49. The zero-order valence-electron chi connectivity index (χ0n) is 14.9. The summed E-state index contributed by atoms with van der Waals surface area (Å²) < 4.78 is 5.34. The number of nitrogens with zero attached hydrogens (tertiary/aromatic N) is 2. The van der Waals surface area contributed by atoms with Gasteiger partial charge in [0, 0.05) is 11.4 Å². The summed E-state index contributed by atoms with van der Waals surface area (Å²) in [7, 11) is 0. The highest BCUT2D eigenvalue weighted by atomic mass is 32.2. The van der Waals surface area contributed by atoms with Gasteiger partial charge in [0.2, 0.25) is 0 Å². The Morgan fingerprint density at radius 1 is 1.38 bits per heavy atom. The van der Waals surface area contributed by atoms with Gasteiger partial charge in [0.1, 0.15) is 11.4 Å². The molecule has 26 heavy (non-hydrogen) atoms. The van der Waals surface area contributed by atoms with Crippen LogP contribution in [0, 0.1) is 0 Å². The first kappa shape index (κ1) is 18.3. The van der Waals surface area contributed by atoms with E-state index in [1.54, 1.807) is 30.1 Å². The zero-order valence-corrected chi connectivity index (χ0v) is 15.7. The van der Waals surface area contributed by atoms with Gasteiger partial charge in [-0.25, -0.2) is 4.98 Å². The molecule has 3 rings (SSSR count). The van der Waals surface area contributed by atoms with E-state index in [9.17, 15) is 4.79 Å². The van der Waals surface area contributed by atoms with E-state index < -0.39 is 0 Å². The Morgan fingerprint density at radius 3 is 2.92 bits per heavy atom. The summed E-state index contributed by atoms with van der Waals surface area (Å²) in [6.07, 6.45) is 2.45. The average molecular weight is 370 g/mol. The van der Waals surface area contributed by atoms with Gasteiger partial charge in [0.05, 0.1) is 18.3 Å². The summed E-state index contributed by atoms with van der Waals surface area (Å²) in [4.78, 5) is 21.2. The fraction of sp³-hybridized carbons (Fsp3) is 0.316. The van der Waals surface area contributed by atoms with Crippen LogP contribution in [0.4, 0.5) is 5.69 Å². The molecule has 2 aromatic rings. The molecule has 1 aliphatic rings. The number of benzene rings is 1. The molecule has 0 saturated carbocycles. The van der Waals surface area contributed by atoms with Crippen LogP contribution >= 0.6 is 11.8 Å². The smallest absolute Gasteiger partial charge is 0.274 e. The molecule has 0 aliphatic carbocycles. The topological polar surface area (TPSA) is 89.6 Å². The van der Waals surface area contributed by atoms with Gasteiger partial charge in [-0.05, 0) is 50.1 Å². The second kappa shape index (κ2) is 7.78. The number of thioether (sulfide) groups is 1. The second-order valence-corrected chi connectivity index (χ2v) is 7.28. The van der Waals surface area contributed by atoms with Crippen LogP contribution in [0.2, 0.25) is 0 Å². The highest BCUT2D eigenvalue weighted by Crippen LogP contribution is 2.35. The number of nitrogens with two attached hydrogens (primary N) is 1. The Kier molecular flexibility index (Phi) is 5.46. The minimum atomic E-state index is -0.368. The van der Waals surface area contributed by atoms with E-state index in [4.69, 9.17) is 10.5 Å². The first-order valence-electron chi connectivity index (χ1n) is 8.49. The molecule has 0 radical (unpaired) electrons. The summed E-state index contributed by atoms with van der Waals surface area (Å²) in [5.41, 5.74) is 7.60. The van der Waals surface area contributed by atoms with E-state index in [0.29, 0.717) is 28.9 Å². The van der Waals surface area contributed by atoms with Crippen LogP contribution in [0.25, 0.3) is 0 Å². The maximum atomic E-state index is 12.4. The number of carbonyl (C=O) groups excluding carboxylic acids is 1. The lowest BCUT2D eigenvalue weighted by molar-refractivity contribution is 0.102. The Labute approximate surface area is 157 Å². The summed E-state index contributed by atoms with van der Waals surface area (Å²) in [5.74, 6) is 1.31. The molecule has 1 aromatic heterocycles. The van der Waals surface area contributed by atoms with Crippen LogP contribution in [-0.4, -0.2) is 28.4 Å². The van der Waals surface area contributed by atoms with Crippen molar-refractivity contribution in [2.75, 3.05) is 17.7 Å². The lowest BCUT2D eigenvalue weighted by Crippen LogP contribution is -2.28. The minimum Gasteiger partial charge on any atom is -0.492 e. The van der Waals surface area contributed by atoms with E-state index in [0.717, 1.165) is 17.7 Å². The summed E-state index contributed by atoms with van der Waals surface area (Å²) in [6.45, 7) is 4.52. The van der Waals surface area contributed by atoms with Crippen LogP contribution in [0.1, 0.15) is 36.3 Å². The fourth-order valence-electron chi connectivity index (χ4n) is 2.79. The Balaban J connectivity index is 1.76. The Hall–Kier alpha value is -2.54. The normalized spacial score (nSPS) is 19.5. The van der Waals surface area contributed by atoms with Crippen LogP contribution in [-0.2, 0) is 5.54 Å².